The lowest BCUT2D eigenvalue weighted by atomic mass is 9.87. The molecule has 0 unspecified atom stereocenters. The van der Waals surface area contributed by atoms with E-state index in [0.29, 0.717) is 32.5 Å². The van der Waals surface area contributed by atoms with Gasteiger partial charge in [-0.05, 0) is 73.2 Å². The summed E-state index contributed by atoms with van der Waals surface area (Å²) in [6.45, 7) is -0.523. The fourth-order valence-electron chi connectivity index (χ4n) is 6.28. The van der Waals surface area contributed by atoms with Crippen molar-refractivity contribution >= 4 is 35.1 Å². The molecule has 3 aromatic rings. The molecule has 0 spiro atoms. The van der Waals surface area contributed by atoms with Crippen LogP contribution < -0.4 is 4.74 Å². The Labute approximate surface area is 246 Å². The molecule has 0 aliphatic heterocycles. The first-order valence-corrected chi connectivity index (χ1v) is 15.0. The summed E-state index contributed by atoms with van der Waals surface area (Å²) < 4.78 is 5.94. The third-order valence-corrected chi connectivity index (χ3v) is 8.59. The second kappa shape index (κ2) is 13.1. The van der Waals surface area contributed by atoms with Crippen molar-refractivity contribution in [1.29, 1.82) is 0 Å². The number of carboxylic acid groups (broad SMARTS) is 1. The number of amides is 1. The van der Waals surface area contributed by atoms with Crippen LogP contribution in [0.15, 0.2) is 60.7 Å². The van der Waals surface area contributed by atoms with Gasteiger partial charge in [0, 0.05) is 38.8 Å². The Hall–Kier alpha value is -3.02. The van der Waals surface area contributed by atoms with E-state index in [4.69, 9.17) is 27.9 Å². The van der Waals surface area contributed by atoms with Gasteiger partial charge in [0.15, 0.2) is 6.61 Å². The molecule has 7 heteroatoms. The van der Waals surface area contributed by atoms with E-state index in [-0.39, 0.29) is 18.0 Å². The molecular weight excluding hydrogens is 545 g/mol. The minimum absolute atomic E-state index is 0.0233. The summed E-state index contributed by atoms with van der Waals surface area (Å²) in [4.78, 5) is 28.3. The molecule has 2 saturated carbocycles. The Morgan fingerprint density at radius 1 is 0.750 bits per heavy atom. The SMILES string of the molecule is O=C(O)COc1c(-c2cccc(Cl)c2)cc(C(=O)N(C2CCCCC2)C2CCCCC2)cc1-c1cccc(Cl)c1. The van der Waals surface area contributed by atoms with Gasteiger partial charge in [-0.15, -0.1) is 0 Å². The summed E-state index contributed by atoms with van der Waals surface area (Å²) in [6.07, 6.45) is 11.1. The largest absolute Gasteiger partial charge is 0.481 e. The van der Waals surface area contributed by atoms with Crippen molar-refractivity contribution in [3.63, 3.8) is 0 Å². The number of halogens is 2. The molecule has 210 valence electrons. The van der Waals surface area contributed by atoms with Crippen LogP contribution in [-0.4, -0.2) is 40.6 Å². The van der Waals surface area contributed by atoms with Crippen LogP contribution in [0.4, 0.5) is 0 Å². The van der Waals surface area contributed by atoms with Gasteiger partial charge in [0.2, 0.25) is 0 Å². The van der Waals surface area contributed by atoms with E-state index in [1.165, 1.54) is 12.8 Å². The van der Waals surface area contributed by atoms with Crippen molar-refractivity contribution in [1.82, 2.24) is 4.90 Å². The Kier molecular flexibility index (Phi) is 9.33. The van der Waals surface area contributed by atoms with Crippen molar-refractivity contribution in [3.05, 3.63) is 76.3 Å². The Balaban J connectivity index is 1.69. The number of aliphatic carboxylic acids is 1. The lowest BCUT2D eigenvalue weighted by Crippen LogP contribution is -2.48. The van der Waals surface area contributed by atoms with E-state index < -0.39 is 12.6 Å². The maximum absolute atomic E-state index is 14.6. The van der Waals surface area contributed by atoms with Crippen LogP contribution in [0.2, 0.25) is 10.0 Å². The molecule has 2 aliphatic carbocycles. The molecule has 0 atom stereocenters. The van der Waals surface area contributed by atoms with Gasteiger partial charge in [0.1, 0.15) is 5.75 Å². The number of benzene rings is 3. The van der Waals surface area contributed by atoms with Gasteiger partial charge in [-0.2, -0.15) is 0 Å². The lowest BCUT2D eigenvalue weighted by molar-refractivity contribution is -0.139. The van der Waals surface area contributed by atoms with Gasteiger partial charge in [-0.1, -0.05) is 86.0 Å². The quantitative estimate of drug-likeness (QED) is 0.289. The summed E-state index contributed by atoms with van der Waals surface area (Å²) >= 11 is 12.8. The lowest BCUT2D eigenvalue weighted by Gasteiger charge is -2.42. The molecule has 2 fully saturated rings. The van der Waals surface area contributed by atoms with E-state index in [1.54, 1.807) is 24.3 Å². The van der Waals surface area contributed by atoms with Crippen molar-refractivity contribution in [3.8, 4) is 28.0 Å². The van der Waals surface area contributed by atoms with Crippen molar-refractivity contribution in [2.75, 3.05) is 6.61 Å². The molecule has 1 N–H and O–H groups in total. The van der Waals surface area contributed by atoms with Crippen molar-refractivity contribution in [2.45, 2.75) is 76.3 Å². The van der Waals surface area contributed by atoms with Crippen molar-refractivity contribution < 1.29 is 19.4 Å². The second-order valence-corrected chi connectivity index (χ2v) is 11.8. The molecule has 0 radical (unpaired) electrons. The van der Waals surface area contributed by atoms with Gasteiger partial charge >= 0.3 is 5.97 Å². The van der Waals surface area contributed by atoms with E-state index in [9.17, 15) is 14.7 Å². The predicted molar refractivity (Wildman–Crippen MR) is 160 cm³/mol. The first-order chi connectivity index (χ1) is 19.4. The van der Waals surface area contributed by atoms with Crippen molar-refractivity contribution in [2.24, 2.45) is 0 Å². The normalized spacial score (nSPS) is 16.4. The number of hydrogen-bond acceptors (Lipinski definition) is 3. The Morgan fingerprint density at radius 2 is 1.23 bits per heavy atom. The van der Waals surface area contributed by atoms with E-state index in [1.807, 2.05) is 36.4 Å². The zero-order valence-electron chi connectivity index (χ0n) is 22.6. The molecular formula is C33H35Cl2NO4. The number of carboxylic acids is 1. The highest BCUT2D eigenvalue weighted by atomic mass is 35.5. The first kappa shape index (κ1) is 28.5. The van der Waals surface area contributed by atoms with Crippen LogP contribution in [0.3, 0.4) is 0 Å². The highest BCUT2D eigenvalue weighted by molar-refractivity contribution is 6.31. The summed E-state index contributed by atoms with van der Waals surface area (Å²) in [7, 11) is 0. The Bertz CT molecular complexity index is 1280. The molecule has 0 bridgehead atoms. The Morgan fingerprint density at radius 3 is 1.65 bits per heavy atom. The second-order valence-electron chi connectivity index (χ2n) is 10.9. The predicted octanol–water partition coefficient (Wildman–Crippen LogP) is 8.90. The standard InChI is InChI=1S/C33H35Cl2NO4/c34-25-11-7-9-22(17-25)29-19-24(20-30(32(29)40-21-31(37)38)23-10-8-12-26(35)18-23)33(39)36(27-13-3-1-4-14-27)28-15-5-2-6-16-28/h7-12,17-20,27-28H,1-6,13-16,21H2,(H,37,38). The first-order valence-electron chi connectivity index (χ1n) is 14.3. The van der Waals surface area contributed by atoms with Crippen LogP contribution in [0.25, 0.3) is 22.3 Å². The smallest absolute Gasteiger partial charge is 0.341 e. The summed E-state index contributed by atoms with van der Waals surface area (Å²) in [5.74, 6) is -0.685. The average molecular weight is 581 g/mol. The molecule has 40 heavy (non-hydrogen) atoms. The highest BCUT2D eigenvalue weighted by Gasteiger charge is 2.34. The van der Waals surface area contributed by atoms with E-state index in [0.717, 1.165) is 62.5 Å². The van der Waals surface area contributed by atoms with E-state index >= 15 is 0 Å². The minimum Gasteiger partial charge on any atom is -0.481 e. The number of ether oxygens (including phenoxy) is 1. The van der Waals surface area contributed by atoms with Gasteiger partial charge in [-0.25, -0.2) is 4.79 Å². The monoisotopic (exact) mass is 579 g/mol. The molecule has 5 rings (SSSR count). The number of carbonyl (C=O) groups excluding carboxylic acids is 1. The number of carbonyl (C=O) groups is 2. The minimum atomic E-state index is -1.09. The average Bonchev–Trinajstić information content (AvgIpc) is 2.97. The number of hydrogen-bond donors (Lipinski definition) is 1. The third kappa shape index (κ3) is 6.64. The van der Waals surface area contributed by atoms with Gasteiger partial charge < -0.3 is 14.7 Å². The van der Waals surface area contributed by atoms with Gasteiger partial charge in [-0.3, -0.25) is 4.79 Å². The van der Waals surface area contributed by atoms with Crippen LogP contribution >= 0.6 is 23.2 Å². The van der Waals surface area contributed by atoms with Crippen LogP contribution in [0.5, 0.6) is 5.75 Å². The summed E-state index contributed by atoms with van der Waals surface area (Å²) in [5, 5.41) is 10.5. The molecule has 0 heterocycles. The van der Waals surface area contributed by atoms with Gasteiger partial charge in [0.05, 0.1) is 0 Å². The highest BCUT2D eigenvalue weighted by Crippen LogP contribution is 2.42. The molecule has 0 aromatic heterocycles. The van der Waals surface area contributed by atoms with E-state index in [2.05, 4.69) is 4.90 Å². The number of nitrogens with zero attached hydrogens (tertiary/aromatic N) is 1. The van der Waals surface area contributed by atoms with Crippen LogP contribution in [-0.2, 0) is 4.79 Å². The molecule has 1 amide bonds. The third-order valence-electron chi connectivity index (χ3n) is 8.12. The summed E-state index contributed by atoms with van der Waals surface area (Å²) in [5.41, 5.74) is 3.29. The molecule has 5 nitrogen and oxygen atoms in total. The molecule has 0 saturated heterocycles. The van der Waals surface area contributed by atoms with Crippen LogP contribution in [0.1, 0.15) is 74.6 Å². The zero-order chi connectivity index (χ0) is 28.1. The fourth-order valence-corrected chi connectivity index (χ4v) is 6.66. The molecule has 2 aliphatic rings. The van der Waals surface area contributed by atoms with Gasteiger partial charge in [0.25, 0.3) is 5.91 Å². The fraction of sp³-hybridized carbons (Fsp3) is 0.394. The number of rotatable bonds is 8. The summed E-state index contributed by atoms with van der Waals surface area (Å²) in [6, 6.07) is 18.8. The van der Waals surface area contributed by atoms with Crippen LogP contribution in [0, 0.1) is 0 Å². The molecule has 3 aromatic carbocycles. The zero-order valence-corrected chi connectivity index (χ0v) is 24.1. The maximum atomic E-state index is 14.6. The topological polar surface area (TPSA) is 66.8 Å². The maximum Gasteiger partial charge on any atom is 0.341 e.